The summed E-state index contributed by atoms with van der Waals surface area (Å²) in [5.74, 6) is 0.182. The second-order valence-electron chi connectivity index (χ2n) is 6.57. The van der Waals surface area contributed by atoms with Crippen LogP contribution in [-0.4, -0.2) is 49.6 Å². The molecular formula is C16H23FN2O2S. The molecular weight excluding hydrogens is 303 g/mol. The Morgan fingerprint density at radius 3 is 2.68 bits per heavy atom. The summed E-state index contributed by atoms with van der Waals surface area (Å²) in [6.07, 6.45) is 4.58. The number of hydrogen-bond donors (Lipinski definition) is 0. The summed E-state index contributed by atoms with van der Waals surface area (Å²) in [6.45, 7) is 2.89. The van der Waals surface area contributed by atoms with Crippen LogP contribution in [0.2, 0.25) is 0 Å². The Hall–Kier alpha value is -0.980. The predicted octanol–water partition coefficient (Wildman–Crippen LogP) is 2.07. The molecule has 1 saturated heterocycles. The van der Waals surface area contributed by atoms with Crippen LogP contribution < -0.4 is 0 Å². The highest BCUT2D eigenvalue weighted by atomic mass is 32.2. The van der Waals surface area contributed by atoms with Gasteiger partial charge >= 0.3 is 0 Å². The number of nitrogens with zero attached hydrogens (tertiary/aromatic N) is 2. The summed E-state index contributed by atoms with van der Waals surface area (Å²) >= 11 is 0. The van der Waals surface area contributed by atoms with E-state index in [1.807, 2.05) is 6.07 Å². The van der Waals surface area contributed by atoms with E-state index in [0.717, 1.165) is 25.1 Å². The van der Waals surface area contributed by atoms with Crippen molar-refractivity contribution in [3.05, 3.63) is 35.6 Å². The first-order valence-corrected chi connectivity index (χ1v) is 9.70. The summed E-state index contributed by atoms with van der Waals surface area (Å²) in [6, 6.07) is 7.33. The molecule has 0 amide bonds. The largest absolute Gasteiger partial charge is 0.296 e. The number of sulfonamides is 1. The molecule has 1 unspecified atom stereocenters. The van der Waals surface area contributed by atoms with E-state index in [9.17, 15) is 12.8 Å². The average molecular weight is 326 g/mol. The fourth-order valence-corrected chi connectivity index (χ4v) is 4.15. The van der Waals surface area contributed by atoms with Crippen LogP contribution in [0.1, 0.15) is 24.8 Å². The lowest BCUT2D eigenvalue weighted by molar-refractivity contribution is 0.216. The van der Waals surface area contributed by atoms with Crippen LogP contribution in [0.4, 0.5) is 4.39 Å². The molecule has 0 radical (unpaired) electrons. The molecule has 2 fully saturated rings. The Bertz CT molecular complexity index is 631. The predicted molar refractivity (Wildman–Crippen MR) is 84.4 cm³/mol. The quantitative estimate of drug-likeness (QED) is 0.803. The Morgan fingerprint density at radius 2 is 2.09 bits per heavy atom. The molecule has 1 aromatic carbocycles. The SMILES string of the molecule is CS(=O)(=O)N1CCC(CN(Cc2cccc(F)c2)C2CC2)C1. The van der Waals surface area contributed by atoms with Crippen molar-refractivity contribution in [2.45, 2.75) is 31.8 Å². The minimum absolute atomic E-state index is 0.197. The van der Waals surface area contributed by atoms with Crippen molar-refractivity contribution in [1.82, 2.24) is 9.21 Å². The second-order valence-corrected chi connectivity index (χ2v) is 8.55. The molecule has 3 rings (SSSR count). The summed E-state index contributed by atoms with van der Waals surface area (Å²) < 4.78 is 38.1. The van der Waals surface area contributed by atoms with E-state index in [-0.39, 0.29) is 5.82 Å². The van der Waals surface area contributed by atoms with Crippen molar-refractivity contribution >= 4 is 10.0 Å². The van der Waals surface area contributed by atoms with Crippen LogP contribution >= 0.6 is 0 Å². The molecule has 22 heavy (non-hydrogen) atoms. The molecule has 0 bridgehead atoms. The minimum Gasteiger partial charge on any atom is -0.296 e. The van der Waals surface area contributed by atoms with Crippen molar-refractivity contribution in [2.24, 2.45) is 5.92 Å². The van der Waals surface area contributed by atoms with Crippen LogP contribution in [0.25, 0.3) is 0 Å². The van der Waals surface area contributed by atoms with Crippen LogP contribution in [0.5, 0.6) is 0 Å². The molecule has 1 heterocycles. The molecule has 4 nitrogen and oxygen atoms in total. The van der Waals surface area contributed by atoms with Gasteiger partial charge in [0.15, 0.2) is 0 Å². The first-order valence-electron chi connectivity index (χ1n) is 7.85. The summed E-state index contributed by atoms with van der Waals surface area (Å²) in [4.78, 5) is 2.39. The number of halogens is 1. The van der Waals surface area contributed by atoms with E-state index in [1.54, 1.807) is 16.4 Å². The van der Waals surface area contributed by atoms with Crippen molar-refractivity contribution in [2.75, 3.05) is 25.9 Å². The highest BCUT2D eigenvalue weighted by molar-refractivity contribution is 7.88. The molecule has 6 heteroatoms. The van der Waals surface area contributed by atoms with Gasteiger partial charge in [0, 0.05) is 32.2 Å². The molecule has 1 saturated carbocycles. The maximum Gasteiger partial charge on any atom is 0.211 e. The van der Waals surface area contributed by atoms with E-state index < -0.39 is 10.0 Å². The second kappa shape index (κ2) is 6.26. The Kier molecular flexibility index (Phi) is 4.52. The molecule has 0 spiro atoms. The average Bonchev–Trinajstić information content (AvgIpc) is 3.16. The van der Waals surface area contributed by atoms with Crippen LogP contribution in [0, 0.1) is 11.7 Å². The fourth-order valence-electron chi connectivity index (χ4n) is 3.23. The third-order valence-electron chi connectivity index (χ3n) is 4.55. The molecule has 0 N–H and O–H groups in total. The van der Waals surface area contributed by atoms with E-state index in [1.165, 1.54) is 25.2 Å². The fraction of sp³-hybridized carbons (Fsp3) is 0.625. The van der Waals surface area contributed by atoms with Gasteiger partial charge in [-0.25, -0.2) is 17.1 Å². The molecule has 2 aliphatic rings. The maximum absolute atomic E-state index is 13.3. The number of benzene rings is 1. The van der Waals surface area contributed by atoms with Gasteiger partial charge in [-0.15, -0.1) is 0 Å². The highest BCUT2D eigenvalue weighted by Gasteiger charge is 2.34. The van der Waals surface area contributed by atoms with Gasteiger partial charge < -0.3 is 0 Å². The van der Waals surface area contributed by atoms with E-state index in [0.29, 0.717) is 25.0 Å². The maximum atomic E-state index is 13.3. The Morgan fingerprint density at radius 1 is 1.32 bits per heavy atom. The number of hydrogen-bond acceptors (Lipinski definition) is 3. The molecule has 1 aromatic rings. The molecule has 1 atom stereocenters. The minimum atomic E-state index is -3.08. The van der Waals surface area contributed by atoms with E-state index >= 15 is 0 Å². The topological polar surface area (TPSA) is 40.6 Å². The molecule has 0 aromatic heterocycles. The van der Waals surface area contributed by atoms with Crippen molar-refractivity contribution in [3.63, 3.8) is 0 Å². The lowest BCUT2D eigenvalue weighted by Gasteiger charge is -2.25. The van der Waals surface area contributed by atoms with Gasteiger partial charge in [-0.1, -0.05) is 12.1 Å². The smallest absolute Gasteiger partial charge is 0.211 e. The molecule has 122 valence electrons. The van der Waals surface area contributed by atoms with E-state index in [4.69, 9.17) is 0 Å². The van der Waals surface area contributed by atoms with Gasteiger partial charge in [0.1, 0.15) is 5.82 Å². The van der Waals surface area contributed by atoms with Gasteiger partial charge in [0.05, 0.1) is 6.26 Å². The lowest BCUT2D eigenvalue weighted by atomic mass is 10.1. The molecule has 1 aliphatic carbocycles. The highest BCUT2D eigenvalue weighted by Crippen LogP contribution is 2.31. The Balaban J connectivity index is 1.61. The normalized spacial score (nSPS) is 23.3. The van der Waals surface area contributed by atoms with Gasteiger partial charge in [-0.2, -0.15) is 0 Å². The lowest BCUT2D eigenvalue weighted by Crippen LogP contribution is -2.33. The standard InChI is InChI=1S/C16H23FN2O2S/c1-22(20,21)19-8-7-14(12-19)11-18(16-5-6-16)10-13-3-2-4-15(17)9-13/h2-4,9,14,16H,5-8,10-12H2,1H3. The monoisotopic (exact) mass is 326 g/mol. The van der Waals surface area contributed by atoms with Gasteiger partial charge in [-0.05, 0) is 42.9 Å². The zero-order valence-corrected chi connectivity index (χ0v) is 13.7. The third-order valence-corrected chi connectivity index (χ3v) is 5.82. The first-order chi connectivity index (χ1) is 10.4. The van der Waals surface area contributed by atoms with Gasteiger partial charge in [0.2, 0.25) is 10.0 Å². The van der Waals surface area contributed by atoms with Crippen LogP contribution in [0.15, 0.2) is 24.3 Å². The van der Waals surface area contributed by atoms with Crippen molar-refractivity contribution in [1.29, 1.82) is 0 Å². The summed E-state index contributed by atoms with van der Waals surface area (Å²) in [7, 11) is -3.08. The van der Waals surface area contributed by atoms with Gasteiger partial charge in [0.25, 0.3) is 0 Å². The zero-order chi connectivity index (χ0) is 15.7. The summed E-state index contributed by atoms with van der Waals surface area (Å²) in [5.41, 5.74) is 0.991. The first kappa shape index (κ1) is 15.9. The zero-order valence-electron chi connectivity index (χ0n) is 12.9. The number of rotatable bonds is 6. The van der Waals surface area contributed by atoms with Gasteiger partial charge in [-0.3, -0.25) is 4.90 Å². The third kappa shape index (κ3) is 4.06. The van der Waals surface area contributed by atoms with Crippen LogP contribution in [-0.2, 0) is 16.6 Å². The van der Waals surface area contributed by atoms with Crippen LogP contribution in [0.3, 0.4) is 0 Å². The summed E-state index contributed by atoms with van der Waals surface area (Å²) in [5, 5.41) is 0. The Labute approximate surface area is 132 Å². The van der Waals surface area contributed by atoms with E-state index in [2.05, 4.69) is 4.90 Å². The van der Waals surface area contributed by atoms with Crippen molar-refractivity contribution in [3.8, 4) is 0 Å². The molecule has 1 aliphatic heterocycles. The van der Waals surface area contributed by atoms with Crippen molar-refractivity contribution < 1.29 is 12.8 Å².